The Balaban J connectivity index is 0.000000254. The van der Waals surface area contributed by atoms with Gasteiger partial charge in [0.25, 0.3) is 0 Å². The van der Waals surface area contributed by atoms with E-state index in [9.17, 15) is 0 Å². The van der Waals surface area contributed by atoms with Crippen LogP contribution in [0, 0.1) is 10.2 Å². The number of para-hydroxylation sites is 4. The van der Waals surface area contributed by atoms with Crippen molar-refractivity contribution in [3.63, 3.8) is 0 Å². The average Bonchev–Trinajstić information content (AvgIpc) is 2.47. The Morgan fingerprint density at radius 3 is 1.82 bits per heavy atom. The molecule has 0 aromatic heterocycles. The van der Waals surface area contributed by atoms with Crippen molar-refractivity contribution in [3.8, 4) is 0 Å². The molecule has 0 spiro atoms. The first-order chi connectivity index (χ1) is 10.3. The third-order valence-corrected chi connectivity index (χ3v) is 4.18. The fraction of sp³-hybridized carbons (Fsp3) is 0.200. The number of quaternary nitrogens is 1. The molecule has 2 bridgehead atoms. The molecule has 0 saturated carbocycles. The molecule has 2 aromatic carbocycles. The van der Waals surface area contributed by atoms with Crippen LogP contribution in [0.3, 0.4) is 0 Å². The van der Waals surface area contributed by atoms with E-state index in [0.717, 1.165) is 17.6 Å². The van der Waals surface area contributed by atoms with E-state index in [-0.39, 0.29) is 0 Å². The third-order valence-electron chi connectivity index (χ3n) is 4.18. The third kappa shape index (κ3) is 2.56. The number of rotatable bonds is 0. The van der Waals surface area contributed by atoms with E-state index < -0.39 is 10.2 Å². The molecule has 0 atom stereocenters. The van der Waals surface area contributed by atoms with Gasteiger partial charge in [0.2, 0.25) is 0 Å². The molecule has 0 saturated heterocycles. The molecule has 6 nitrogen and oxygen atoms in total. The maximum absolute atomic E-state index is 8.72. The van der Waals surface area contributed by atoms with Crippen LogP contribution in [0.4, 0.5) is 22.7 Å². The Morgan fingerprint density at radius 2 is 1.36 bits per heavy atom. The van der Waals surface area contributed by atoms with Crippen LogP contribution < -0.4 is 18.7 Å². The summed E-state index contributed by atoms with van der Waals surface area (Å²) in [4.78, 5) is 2.45. The number of hydrogen-bond donors (Lipinski definition) is 2. The van der Waals surface area contributed by atoms with Crippen molar-refractivity contribution in [1.82, 2.24) is 4.48 Å². The van der Waals surface area contributed by atoms with E-state index in [1.807, 2.05) is 0 Å². The number of anilines is 2. The predicted molar refractivity (Wildman–Crippen MR) is 76.6 cm³/mol. The summed E-state index contributed by atoms with van der Waals surface area (Å²) in [5, 5.41) is 0. The summed E-state index contributed by atoms with van der Waals surface area (Å²) in [6.45, 7) is 2.28. The zero-order chi connectivity index (χ0) is 16.0. The Morgan fingerprint density at radius 1 is 0.955 bits per heavy atom. The first kappa shape index (κ1) is 15.2. The molecule has 2 aromatic rings. The first-order valence-electron chi connectivity index (χ1n) is 6.78. The van der Waals surface area contributed by atoms with Gasteiger partial charge < -0.3 is 4.90 Å². The van der Waals surface area contributed by atoms with Crippen molar-refractivity contribution in [2.75, 3.05) is 25.0 Å². The zero-order valence-electron chi connectivity index (χ0n) is 12.0. The SMILES string of the molecule is C[N+]12CCN(c3ccccc31)c1ccccc12.[O-][Cl+]([O-])(O)O. The van der Waals surface area contributed by atoms with Gasteiger partial charge in [0, 0.05) is 12.1 Å². The van der Waals surface area contributed by atoms with Gasteiger partial charge >= 0.3 is 28.9 Å². The number of nitrogens with zero attached hydrogens (tertiary/aromatic N) is 2. The fourth-order valence-corrected chi connectivity index (χ4v) is 3.26. The van der Waals surface area contributed by atoms with Crippen molar-refractivity contribution in [2.24, 2.45) is 0 Å². The van der Waals surface area contributed by atoms with Crippen LogP contribution in [0.15, 0.2) is 48.5 Å². The fourth-order valence-electron chi connectivity index (χ4n) is 3.26. The molecule has 0 unspecified atom stereocenters. The van der Waals surface area contributed by atoms with Gasteiger partial charge in [0.15, 0.2) is 11.4 Å². The van der Waals surface area contributed by atoms with E-state index in [0.29, 0.717) is 0 Å². The van der Waals surface area contributed by atoms with Crippen LogP contribution >= 0.6 is 0 Å². The first-order valence-corrected chi connectivity index (χ1v) is 8.07. The summed E-state index contributed by atoms with van der Waals surface area (Å²) in [7, 11) is -2.12. The second kappa shape index (κ2) is 5.20. The second-order valence-electron chi connectivity index (χ2n) is 5.46. The van der Waals surface area contributed by atoms with E-state index >= 15 is 0 Å². The van der Waals surface area contributed by atoms with E-state index in [4.69, 9.17) is 18.6 Å². The Kier molecular flexibility index (Phi) is 3.60. The van der Waals surface area contributed by atoms with Gasteiger partial charge in [0.1, 0.15) is 17.9 Å². The average molecular weight is 325 g/mol. The quantitative estimate of drug-likeness (QED) is 0.662. The molecular formula is C15H17ClN2O4. The second-order valence-corrected chi connectivity index (χ2v) is 6.29. The van der Waals surface area contributed by atoms with Crippen LogP contribution in [0.5, 0.6) is 0 Å². The summed E-state index contributed by atoms with van der Waals surface area (Å²) in [5.74, 6) is 0. The molecule has 7 heteroatoms. The molecule has 22 heavy (non-hydrogen) atoms. The van der Waals surface area contributed by atoms with Crippen LogP contribution in [0.25, 0.3) is 0 Å². The summed E-state index contributed by atoms with van der Waals surface area (Å²) in [5.41, 5.74) is 5.61. The maximum atomic E-state index is 8.72. The minimum absolute atomic E-state index is 0.947. The van der Waals surface area contributed by atoms with Gasteiger partial charge in [-0.2, -0.15) is 0 Å². The normalized spacial score (nSPS) is 18.0. The van der Waals surface area contributed by atoms with E-state index in [2.05, 4.69) is 60.5 Å². The van der Waals surface area contributed by atoms with E-state index in [1.54, 1.807) is 0 Å². The van der Waals surface area contributed by atoms with Gasteiger partial charge in [-0.15, -0.1) is 0 Å². The van der Waals surface area contributed by atoms with Gasteiger partial charge in [-0.05, 0) is 12.1 Å². The number of halogens is 1. The van der Waals surface area contributed by atoms with Crippen molar-refractivity contribution in [2.45, 2.75) is 0 Å². The van der Waals surface area contributed by atoms with Gasteiger partial charge in [0.05, 0.1) is 13.6 Å². The van der Waals surface area contributed by atoms with E-state index in [1.165, 1.54) is 22.7 Å². The summed E-state index contributed by atoms with van der Waals surface area (Å²) < 4.78 is 32.4. The predicted octanol–water partition coefficient (Wildman–Crippen LogP) is -0.0715. The monoisotopic (exact) mass is 324 g/mol. The Hall–Kier alpha value is -1.67. The van der Waals surface area contributed by atoms with Gasteiger partial charge in [-0.3, -0.25) is 4.48 Å². The Bertz CT molecular complexity index is 648. The molecule has 0 radical (unpaired) electrons. The Labute approximate surface area is 130 Å². The number of hydrogen-bond acceptors (Lipinski definition) is 5. The standard InChI is InChI=1S/C15H15N2.ClH2O4/c1-17-11-10-16(12-6-2-4-8-14(12)17)13-7-3-5-9-15(13)17;2-1(3,4)5/h2-9H,10-11H2,1H3;2-3H/q+1;-1. The summed E-state index contributed by atoms with van der Waals surface area (Å²) >= 11 is 0. The van der Waals surface area contributed by atoms with Gasteiger partial charge in [-0.1, -0.05) is 24.3 Å². The summed E-state index contributed by atoms with van der Waals surface area (Å²) in [6.07, 6.45) is 0. The van der Waals surface area contributed by atoms with Crippen molar-refractivity contribution in [1.29, 1.82) is 0 Å². The summed E-state index contributed by atoms with van der Waals surface area (Å²) in [6, 6.07) is 17.6. The molecule has 3 aliphatic heterocycles. The number of likely N-dealkylation sites (N-methyl/N-ethyl adjacent to an activating group) is 1. The topological polar surface area (TPSA) is 89.8 Å². The molecular weight excluding hydrogens is 308 g/mol. The van der Waals surface area contributed by atoms with Crippen LogP contribution in [-0.4, -0.2) is 29.5 Å². The van der Waals surface area contributed by atoms with Gasteiger partial charge in [-0.25, -0.2) is 0 Å². The van der Waals surface area contributed by atoms with Crippen molar-refractivity contribution < 1.29 is 28.9 Å². The molecule has 3 aliphatic rings. The zero-order valence-corrected chi connectivity index (χ0v) is 12.8. The molecule has 3 heterocycles. The molecule has 2 N–H and O–H groups in total. The molecule has 118 valence electrons. The number of benzene rings is 2. The van der Waals surface area contributed by atoms with Crippen LogP contribution in [0.2, 0.25) is 0 Å². The van der Waals surface area contributed by atoms with Crippen LogP contribution in [0.1, 0.15) is 0 Å². The molecule has 0 aliphatic carbocycles. The number of fused-ring (bicyclic) bond motifs is 1. The molecule has 0 fully saturated rings. The minimum atomic E-state index is -4.44. The van der Waals surface area contributed by atoms with Crippen molar-refractivity contribution in [3.05, 3.63) is 48.5 Å². The molecule has 5 rings (SSSR count). The van der Waals surface area contributed by atoms with Crippen molar-refractivity contribution >= 4 is 22.7 Å². The molecule has 0 amide bonds. The van der Waals surface area contributed by atoms with Crippen LogP contribution in [-0.2, 0) is 0 Å².